The van der Waals surface area contributed by atoms with Gasteiger partial charge in [-0.1, -0.05) is 13.8 Å². The zero-order chi connectivity index (χ0) is 10.6. The van der Waals surface area contributed by atoms with Crippen molar-refractivity contribution in [2.45, 2.75) is 32.8 Å². The highest BCUT2D eigenvalue weighted by Crippen LogP contribution is 2.23. The number of piperidine rings is 1. The summed E-state index contributed by atoms with van der Waals surface area (Å²) in [6, 6.07) is 0. The standard InChI is InChI=1S/C11H24N2O/c1-9(2)7-10-8-13(6-4-12)5-3-11(10)14/h9-11,14H,3-8,12H2,1-2H3/t10-,11+/m0/s1. The number of nitrogens with zero attached hydrogens (tertiary/aromatic N) is 1. The van der Waals surface area contributed by atoms with Crippen LogP contribution in [0.3, 0.4) is 0 Å². The molecule has 84 valence electrons. The number of rotatable bonds is 4. The second kappa shape index (κ2) is 5.69. The number of aliphatic hydroxyl groups is 1. The summed E-state index contributed by atoms with van der Waals surface area (Å²) in [5.74, 6) is 1.13. The van der Waals surface area contributed by atoms with Crippen molar-refractivity contribution in [3.8, 4) is 0 Å². The first kappa shape index (κ1) is 12.0. The van der Waals surface area contributed by atoms with Gasteiger partial charge in [0.1, 0.15) is 0 Å². The van der Waals surface area contributed by atoms with Gasteiger partial charge in [-0.3, -0.25) is 0 Å². The van der Waals surface area contributed by atoms with Gasteiger partial charge in [0.25, 0.3) is 0 Å². The van der Waals surface area contributed by atoms with Crippen LogP contribution in [0.1, 0.15) is 26.7 Å². The number of aliphatic hydroxyl groups excluding tert-OH is 1. The van der Waals surface area contributed by atoms with Crippen molar-refractivity contribution in [2.24, 2.45) is 17.6 Å². The van der Waals surface area contributed by atoms with E-state index in [0.29, 0.717) is 11.8 Å². The summed E-state index contributed by atoms with van der Waals surface area (Å²) in [5.41, 5.74) is 5.54. The molecular formula is C11H24N2O. The van der Waals surface area contributed by atoms with Gasteiger partial charge in [-0.2, -0.15) is 0 Å². The molecule has 1 aliphatic heterocycles. The predicted octanol–water partition coefficient (Wildman–Crippen LogP) is 0.674. The minimum Gasteiger partial charge on any atom is -0.393 e. The van der Waals surface area contributed by atoms with Crippen LogP contribution in [0.25, 0.3) is 0 Å². The molecule has 3 N–H and O–H groups in total. The predicted molar refractivity (Wildman–Crippen MR) is 59.1 cm³/mol. The Morgan fingerprint density at radius 1 is 1.50 bits per heavy atom. The van der Waals surface area contributed by atoms with Gasteiger partial charge in [-0.15, -0.1) is 0 Å². The molecule has 1 saturated heterocycles. The van der Waals surface area contributed by atoms with Crippen LogP contribution in [0, 0.1) is 11.8 Å². The fourth-order valence-electron chi connectivity index (χ4n) is 2.32. The molecule has 1 heterocycles. The zero-order valence-electron chi connectivity index (χ0n) is 9.45. The molecule has 0 aromatic rings. The third kappa shape index (κ3) is 3.56. The van der Waals surface area contributed by atoms with Crippen LogP contribution in [-0.2, 0) is 0 Å². The maximum atomic E-state index is 9.85. The van der Waals surface area contributed by atoms with Gasteiger partial charge in [0.2, 0.25) is 0 Å². The van der Waals surface area contributed by atoms with Gasteiger partial charge in [0.15, 0.2) is 0 Å². The molecule has 3 nitrogen and oxygen atoms in total. The van der Waals surface area contributed by atoms with Crippen LogP contribution in [0.4, 0.5) is 0 Å². The van der Waals surface area contributed by atoms with Crippen LogP contribution in [0.5, 0.6) is 0 Å². The van der Waals surface area contributed by atoms with Gasteiger partial charge in [-0.05, 0) is 24.7 Å². The van der Waals surface area contributed by atoms with Crippen molar-refractivity contribution in [1.29, 1.82) is 0 Å². The molecule has 1 aliphatic rings. The second-order valence-corrected chi connectivity index (χ2v) is 4.83. The van der Waals surface area contributed by atoms with Crippen LogP contribution >= 0.6 is 0 Å². The molecule has 0 aromatic heterocycles. The molecule has 1 fully saturated rings. The average Bonchev–Trinajstić information content (AvgIpc) is 2.10. The summed E-state index contributed by atoms with van der Waals surface area (Å²) in [7, 11) is 0. The third-order valence-electron chi connectivity index (χ3n) is 3.00. The Hall–Kier alpha value is -0.120. The highest BCUT2D eigenvalue weighted by molar-refractivity contribution is 4.80. The molecule has 0 aliphatic carbocycles. The number of hydrogen-bond acceptors (Lipinski definition) is 3. The first-order valence-electron chi connectivity index (χ1n) is 5.74. The molecule has 0 aromatic carbocycles. The summed E-state index contributed by atoms with van der Waals surface area (Å²) >= 11 is 0. The summed E-state index contributed by atoms with van der Waals surface area (Å²) in [6.07, 6.45) is 1.95. The summed E-state index contributed by atoms with van der Waals surface area (Å²) in [5, 5.41) is 9.85. The van der Waals surface area contributed by atoms with Gasteiger partial charge in [0.05, 0.1) is 6.10 Å². The maximum absolute atomic E-state index is 9.85. The van der Waals surface area contributed by atoms with E-state index in [1.165, 1.54) is 0 Å². The van der Waals surface area contributed by atoms with E-state index < -0.39 is 0 Å². The second-order valence-electron chi connectivity index (χ2n) is 4.83. The lowest BCUT2D eigenvalue weighted by Crippen LogP contribution is -2.45. The Kier molecular flexibility index (Phi) is 4.85. The summed E-state index contributed by atoms with van der Waals surface area (Å²) < 4.78 is 0. The maximum Gasteiger partial charge on any atom is 0.0592 e. The van der Waals surface area contributed by atoms with Crippen LogP contribution < -0.4 is 5.73 Å². The Morgan fingerprint density at radius 2 is 2.21 bits per heavy atom. The molecule has 0 amide bonds. The lowest BCUT2D eigenvalue weighted by molar-refractivity contribution is 0.0188. The normalized spacial score (nSPS) is 29.8. The number of nitrogens with two attached hydrogens (primary N) is 1. The molecule has 0 unspecified atom stereocenters. The minimum absolute atomic E-state index is 0.0913. The molecule has 0 bridgehead atoms. The van der Waals surface area contributed by atoms with E-state index in [1.54, 1.807) is 0 Å². The molecule has 2 atom stereocenters. The van der Waals surface area contributed by atoms with Gasteiger partial charge in [0, 0.05) is 26.2 Å². The lowest BCUT2D eigenvalue weighted by atomic mass is 9.87. The molecular weight excluding hydrogens is 176 g/mol. The van der Waals surface area contributed by atoms with Crippen molar-refractivity contribution in [2.75, 3.05) is 26.2 Å². The van der Waals surface area contributed by atoms with Crippen molar-refractivity contribution < 1.29 is 5.11 Å². The zero-order valence-corrected chi connectivity index (χ0v) is 9.45. The van der Waals surface area contributed by atoms with E-state index in [0.717, 1.165) is 39.0 Å². The minimum atomic E-state index is -0.0913. The van der Waals surface area contributed by atoms with Crippen molar-refractivity contribution in [1.82, 2.24) is 4.90 Å². The third-order valence-corrected chi connectivity index (χ3v) is 3.00. The quantitative estimate of drug-likeness (QED) is 0.701. The van der Waals surface area contributed by atoms with Crippen molar-refractivity contribution in [3.05, 3.63) is 0 Å². The summed E-state index contributed by atoms with van der Waals surface area (Å²) in [4.78, 5) is 2.37. The van der Waals surface area contributed by atoms with E-state index in [2.05, 4.69) is 18.7 Å². The number of likely N-dealkylation sites (tertiary alicyclic amines) is 1. The van der Waals surface area contributed by atoms with E-state index in [9.17, 15) is 5.11 Å². The van der Waals surface area contributed by atoms with E-state index >= 15 is 0 Å². The SMILES string of the molecule is CC(C)C[C@H]1CN(CCN)CC[C@H]1O. The van der Waals surface area contributed by atoms with Crippen molar-refractivity contribution in [3.63, 3.8) is 0 Å². The lowest BCUT2D eigenvalue weighted by Gasteiger charge is -2.36. The molecule has 1 rings (SSSR count). The first-order valence-corrected chi connectivity index (χ1v) is 5.74. The Bertz CT molecular complexity index is 161. The molecule has 0 radical (unpaired) electrons. The Balaban J connectivity index is 2.38. The van der Waals surface area contributed by atoms with Crippen LogP contribution in [-0.4, -0.2) is 42.3 Å². The number of hydrogen-bond donors (Lipinski definition) is 2. The highest BCUT2D eigenvalue weighted by Gasteiger charge is 2.27. The van der Waals surface area contributed by atoms with E-state index in [4.69, 9.17) is 5.73 Å². The van der Waals surface area contributed by atoms with Gasteiger partial charge >= 0.3 is 0 Å². The largest absolute Gasteiger partial charge is 0.393 e. The van der Waals surface area contributed by atoms with E-state index in [-0.39, 0.29) is 6.10 Å². The molecule has 0 spiro atoms. The summed E-state index contributed by atoms with van der Waals surface area (Å²) in [6.45, 7) is 8.17. The monoisotopic (exact) mass is 200 g/mol. The first-order chi connectivity index (χ1) is 6.63. The Labute approximate surface area is 87.3 Å². The molecule has 3 heteroatoms. The smallest absolute Gasteiger partial charge is 0.0592 e. The van der Waals surface area contributed by atoms with Crippen LogP contribution in [0.15, 0.2) is 0 Å². The average molecular weight is 200 g/mol. The fourth-order valence-corrected chi connectivity index (χ4v) is 2.32. The Morgan fingerprint density at radius 3 is 2.79 bits per heavy atom. The van der Waals surface area contributed by atoms with E-state index in [1.807, 2.05) is 0 Å². The van der Waals surface area contributed by atoms with Crippen molar-refractivity contribution >= 4 is 0 Å². The highest BCUT2D eigenvalue weighted by atomic mass is 16.3. The van der Waals surface area contributed by atoms with Crippen LogP contribution in [0.2, 0.25) is 0 Å². The van der Waals surface area contributed by atoms with Gasteiger partial charge in [-0.25, -0.2) is 0 Å². The molecule has 14 heavy (non-hydrogen) atoms. The van der Waals surface area contributed by atoms with Gasteiger partial charge < -0.3 is 15.7 Å². The molecule has 0 saturated carbocycles. The fraction of sp³-hybridized carbons (Fsp3) is 1.00. The topological polar surface area (TPSA) is 49.5 Å².